The summed E-state index contributed by atoms with van der Waals surface area (Å²) in [6, 6.07) is 4.86. The maximum absolute atomic E-state index is 13.8. The Morgan fingerprint density at radius 2 is 2.11 bits per heavy atom. The van der Waals surface area contributed by atoms with E-state index in [0.717, 1.165) is 4.47 Å². The molecule has 1 amide bonds. The monoisotopic (exact) mass is 330 g/mol. The number of amides is 1. The van der Waals surface area contributed by atoms with Crippen molar-refractivity contribution in [2.45, 2.75) is 25.7 Å². The summed E-state index contributed by atoms with van der Waals surface area (Å²) in [4.78, 5) is 11.6. The van der Waals surface area contributed by atoms with Crippen LogP contribution in [0.5, 0.6) is 0 Å². The van der Waals surface area contributed by atoms with Crippen molar-refractivity contribution in [2.75, 3.05) is 20.1 Å². The van der Waals surface area contributed by atoms with Crippen molar-refractivity contribution in [3.8, 4) is 0 Å². The summed E-state index contributed by atoms with van der Waals surface area (Å²) in [7, 11) is 1.80. The molecular formula is C14H20BrFN2O. The maximum Gasteiger partial charge on any atom is 0.221 e. The molecule has 0 aliphatic carbocycles. The van der Waals surface area contributed by atoms with E-state index >= 15 is 0 Å². The van der Waals surface area contributed by atoms with Gasteiger partial charge in [-0.15, -0.1) is 0 Å². The smallest absolute Gasteiger partial charge is 0.221 e. The Labute approximate surface area is 122 Å². The van der Waals surface area contributed by atoms with E-state index in [2.05, 4.69) is 26.6 Å². The number of hydrogen-bond acceptors (Lipinski definition) is 2. The SMILES string of the molecule is CNCCC(=O)NCC(C)(C)c1cc(Br)ccc1F. The molecule has 0 aliphatic heterocycles. The second-order valence-electron chi connectivity index (χ2n) is 5.14. The molecule has 1 aromatic carbocycles. The second kappa shape index (κ2) is 7.01. The summed E-state index contributed by atoms with van der Waals surface area (Å²) < 4.78 is 14.7. The first-order valence-corrected chi connectivity index (χ1v) is 7.03. The number of halogens is 2. The summed E-state index contributed by atoms with van der Waals surface area (Å²) in [6.45, 7) is 4.87. The Bertz CT molecular complexity index is 449. The highest BCUT2D eigenvalue weighted by Gasteiger charge is 2.25. The van der Waals surface area contributed by atoms with Gasteiger partial charge in [0.1, 0.15) is 5.82 Å². The van der Waals surface area contributed by atoms with Crippen molar-refractivity contribution in [3.63, 3.8) is 0 Å². The van der Waals surface area contributed by atoms with Crippen LogP contribution in [-0.4, -0.2) is 26.0 Å². The molecule has 0 spiro atoms. The summed E-state index contributed by atoms with van der Waals surface area (Å²) in [5.41, 5.74) is 0.138. The number of hydrogen-bond donors (Lipinski definition) is 2. The van der Waals surface area contributed by atoms with Gasteiger partial charge in [0.25, 0.3) is 0 Å². The fourth-order valence-corrected chi connectivity index (χ4v) is 2.12. The molecule has 0 unspecified atom stereocenters. The van der Waals surface area contributed by atoms with Gasteiger partial charge in [0, 0.05) is 29.4 Å². The fraction of sp³-hybridized carbons (Fsp3) is 0.500. The first-order valence-electron chi connectivity index (χ1n) is 6.23. The molecule has 5 heteroatoms. The molecule has 0 saturated carbocycles. The van der Waals surface area contributed by atoms with E-state index in [1.807, 2.05) is 13.8 Å². The van der Waals surface area contributed by atoms with Crippen LogP contribution in [0.3, 0.4) is 0 Å². The van der Waals surface area contributed by atoms with E-state index in [1.165, 1.54) is 6.07 Å². The molecule has 0 fully saturated rings. The lowest BCUT2D eigenvalue weighted by Gasteiger charge is -2.26. The standard InChI is InChI=1S/C14H20BrFN2O/c1-14(2,9-18-13(19)6-7-17-3)11-8-10(15)4-5-12(11)16/h4-5,8,17H,6-7,9H2,1-3H3,(H,18,19). The number of carbonyl (C=O) groups is 1. The lowest BCUT2D eigenvalue weighted by molar-refractivity contribution is -0.121. The fourth-order valence-electron chi connectivity index (χ4n) is 1.76. The molecule has 3 nitrogen and oxygen atoms in total. The topological polar surface area (TPSA) is 41.1 Å². The minimum Gasteiger partial charge on any atom is -0.355 e. The summed E-state index contributed by atoms with van der Waals surface area (Å²) >= 11 is 3.34. The van der Waals surface area contributed by atoms with Gasteiger partial charge in [-0.25, -0.2) is 4.39 Å². The molecule has 0 aromatic heterocycles. The van der Waals surface area contributed by atoms with Crippen molar-refractivity contribution in [3.05, 3.63) is 34.1 Å². The van der Waals surface area contributed by atoms with Crippen molar-refractivity contribution in [2.24, 2.45) is 0 Å². The van der Waals surface area contributed by atoms with Gasteiger partial charge in [-0.3, -0.25) is 4.79 Å². The first kappa shape index (κ1) is 16.1. The molecule has 1 rings (SSSR count). The van der Waals surface area contributed by atoms with Crippen LogP contribution in [0.1, 0.15) is 25.8 Å². The van der Waals surface area contributed by atoms with Gasteiger partial charge in [-0.2, -0.15) is 0 Å². The van der Waals surface area contributed by atoms with Crippen LogP contribution >= 0.6 is 15.9 Å². The maximum atomic E-state index is 13.8. The van der Waals surface area contributed by atoms with Crippen LogP contribution < -0.4 is 10.6 Å². The Hall–Kier alpha value is -0.940. The molecule has 0 bridgehead atoms. The molecule has 19 heavy (non-hydrogen) atoms. The summed E-state index contributed by atoms with van der Waals surface area (Å²) in [5, 5.41) is 5.76. The summed E-state index contributed by atoms with van der Waals surface area (Å²) in [5.74, 6) is -0.282. The van der Waals surface area contributed by atoms with Crippen LogP contribution in [0.25, 0.3) is 0 Å². The molecule has 0 atom stereocenters. The van der Waals surface area contributed by atoms with Crippen LogP contribution in [0.15, 0.2) is 22.7 Å². The van der Waals surface area contributed by atoms with Gasteiger partial charge in [0.2, 0.25) is 5.91 Å². The third kappa shape index (κ3) is 4.91. The number of rotatable bonds is 6. The van der Waals surface area contributed by atoms with Gasteiger partial charge in [0.15, 0.2) is 0 Å². The molecule has 2 N–H and O–H groups in total. The van der Waals surface area contributed by atoms with Crippen molar-refractivity contribution in [1.82, 2.24) is 10.6 Å². The van der Waals surface area contributed by atoms with E-state index in [9.17, 15) is 9.18 Å². The van der Waals surface area contributed by atoms with E-state index in [4.69, 9.17) is 0 Å². The van der Waals surface area contributed by atoms with Gasteiger partial charge >= 0.3 is 0 Å². The van der Waals surface area contributed by atoms with Crippen molar-refractivity contribution < 1.29 is 9.18 Å². The third-order valence-electron chi connectivity index (χ3n) is 2.99. The zero-order chi connectivity index (χ0) is 14.5. The quantitative estimate of drug-likeness (QED) is 0.841. The van der Waals surface area contributed by atoms with Gasteiger partial charge < -0.3 is 10.6 Å². The highest BCUT2D eigenvalue weighted by atomic mass is 79.9. The molecule has 0 heterocycles. The molecule has 1 aromatic rings. The zero-order valence-corrected chi connectivity index (χ0v) is 13.1. The van der Waals surface area contributed by atoms with E-state index in [1.54, 1.807) is 19.2 Å². The van der Waals surface area contributed by atoms with Crippen LogP contribution in [0.2, 0.25) is 0 Å². The van der Waals surface area contributed by atoms with Crippen LogP contribution in [-0.2, 0) is 10.2 Å². The Morgan fingerprint density at radius 1 is 1.42 bits per heavy atom. The lowest BCUT2D eigenvalue weighted by atomic mass is 9.84. The van der Waals surface area contributed by atoms with Crippen LogP contribution in [0.4, 0.5) is 4.39 Å². The van der Waals surface area contributed by atoms with Gasteiger partial charge in [-0.05, 0) is 30.8 Å². The lowest BCUT2D eigenvalue weighted by Crippen LogP contribution is -2.38. The zero-order valence-electron chi connectivity index (χ0n) is 11.5. The molecule has 0 aliphatic rings. The van der Waals surface area contributed by atoms with Gasteiger partial charge in [-0.1, -0.05) is 29.8 Å². The van der Waals surface area contributed by atoms with E-state index in [-0.39, 0.29) is 11.7 Å². The predicted octanol–water partition coefficient (Wildman–Crippen LogP) is 2.59. The van der Waals surface area contributed by atoms with E-state index < -0.39 is 5.41 Å². The second-order valence-corrected chi connectivity index (χ2v) is 6.05. The molecule has 106 valence electrons. The first-order chi connectivity index (χ1) is 8.86. The normalized spacial score (nSPS) is 11.4. The average Bonchev–Trinajstić information content (AvgIpc) is 2.36. The molecular weight excluding hydrogens is 311 g/mol. The largest absolute Gasteiger partial charge is 0.355 e. The highest BCUT2D eigenvalue weighted by molar-refractivity contribution is 9.10. The average molecular weight is 331 g/mol. The molecule has 0 saturated heterocycles. The highest BCUT2D eigenvalue weighted by Crippen LogP contribution is 2.27. The Kier molecular flexibility index (Phi) is 5.94. The third-order valence-corrected chi connectivity index (χ3v) is 3.48. The van der Waals surface area contributed by atoms with Crippen LogP contribution in [0, 0.1) is 5.82 Å². The predicted molar refractivity (Wildman–Crippen MR) is 78.7 cm³/mol. The number of nitrogens with one attached hydrogen (secondary N) is 2. The minimum atomic E-state index is -0.455. The van der Waals surface area contributed by atoms with Gasteiger partial charge in [0.05, 0.1) is 0 Å². The minimum absolute atomic E-state index is 0.0298. The molecule has 0 radical (unpaired) electrons. The number of benzene rings is 1. The van der Waals surface area contributed by atoms with Crippen molar-refractivity contribution >= 4 is 21.8 Å². The Balaban J connectivity index is 2.70. The van der Waals surface area contributed by atoms with Crippen molar-refractivity contribution in [1.29, 1.82) is 0 Å². The van der Waals surface area contributed by atoms with E-state index in [0.29, 0.717) is 25.1 Å². The Morgan fingerprint density at radius 3 is 2.74 bits per heavy atom. The summed E-state index contributed by atoms with van der Waals surface area (Å²) in [6.07, 6.45) is 0.424. The number of carbonyl (C=O) groups excluding carboxylic acids is 1.